The van der Waals surface area contributed by atoms with Crippen molar-refractivity contribution >= 4 is 23.4 Å². The molecule has 0 spiro atoms. The molecule has 2 rings (SSSR count). The zero-order chi connectivity index (χ0) is 12.4. The Morgan fingerprint density at radius 2 is 2.47 bits per heavy atom. The minimum atomic E-state index is -0.518. The lowest BCUT2D eigenvalue weighted by atomic mass is 10.1. The van der Waals surface area contributed by atoms with Crippen molar-refractivity contribution in [2.75, 3.05) is 18.1 Å². The second kappa shape index (κ2) is 5.61. The highest BCUT2D eigenvalue weighted by Gasteiger charge is 2.25. The van der Waals surface area contributed by atoms with Crippen LogP contribution in [-0.4, -0.2) is 45.2 Å². The predicted octanol–water partition coefficient (Wildman–Crippen LogP) is 1.42. The molecule has 0 bridgehead atoms. The summed E-state index contributed by atoms with van der Waals surface area (Å²) in [5, 5.41) is 15.0. The van der Waals surface area contributed by atoms with Crippen LogP contribution in [0, 0.1) is 6.92 Å². The quantitative estimate of drug-likeness (QED) is 0.907. The lowest BCUT2D eigenvalue weighted by molar-refractivity contribution is -0.0214. The number of hydrogen-bond acceptors (Lipinski definition) is 4. The van der Waals surface area contributed by atoms with Gasteiger partial charge in [0.25, 0.3) is 0 Å². The largest absolute Gasteiger partial charge is 0.390 e. The molecular weight excluding hydrogens is 260 g/mol. The van der Waals surface area contributed by atoms with E-state index in [2.05, 4.69) is 5.10 Å². The lowest BCUT2D eigenvalue weighted by Crippen LogP contribution is -2.36. The highest BCUT2D eigenvalue weighted by molar-refractivity contribution is 7.99. The number of thioether (sulfide) groups is 1. The zero-order valence-electron chi connectivity index (χ0n) is 10.0. The Bertz CT molecular complexity index is 391. The fourth-order valence-electron chi connectivity index (χ4n) is 1.96. The first-order valence-electron chi connectivity index (χ1n) is 5.65. The molecule has 1 fully saturated rings. The van der Waals surface area contributed by atoms with Crippen LogP contribution >= 0.6 is 23.4 Å². The number of aliphatic hydroxyl groups is 1. The highest BCUT2D eigenvalue weighted by Crippen LogP contribution is 2.23. The second-order valence-electron chi connectivity index (χ2n) is 4.23. The maximum Gasteiger partial charge on any atom is 0.0928 e. The molecule has 1 aliphatic rings. The topological polar surface area (TPSA) is 47.3 Å². The van der Waals surface area contributed by atoms with Gasteiger partial charge < -0.3 is 9.84 Å². The molecule has 0 saturated carbocycles. The van der Waals surface area contributed by atoms with E-state index in [9.17, 15) is 5.11 Å². The summed E-state index contributed by atoms with van der Waals surface area (Å²) in [6.45, 7) is 2.58. The van der Waals surface area contributed by atoms with E-state index in [0.29, 0.717) is 18.1 Å². The number of halogens is 1. The van der Waals surface area contributed by atoms with Crippen molar-refractivity contribution < 1.29 is 9.84 Å². The molecule has 2 unspecified atom stereocenters. The molecule has 1 N–H and O–H groups in total. The third kappa shape index (κ3) is 2.96. The second-order valence-corrected chi connectivity index (χ2v) is 5.75. The highest BCUT2D eigenvalue weighted by atomic mass is 35.5. The summed E-state index contributed by atoms with van der Waals surface area (Å²) in [5.41, 5.74) is 1.67. The van der Waals surface area contributed by atoms with Gasteiger partial charge in [0.2, 0.25) is 0 Å². The molecule has 2 atom stereocenters. The summed E-state index contributed by atoms with van der Waals surface area (Å²) in [6, 6.07) is 0. The van der Waals surface area contributed by atoms with Crippen molar-refractivity contribution in [2.24, 2.45) is 7.05 Å². The Kier molecular flexibility index (Phi) is 4.36. The number of rotatable bonds is 3. The molecule has 6 heteroatoms. The van der Waals surface area contributed by atoms with Gasteiger partial charge >= 0.3 is 0 Å². The third-order valence-corrected chi connectivity index (χ3v) is 4.45. The normalized spacial score (nSPS) is 22.7. The van der Waals surface area contributed by atoms with Crippen LogP contribution in [0.4, 0.5) is 0 Å². The van der Waals surface area contributed by atoms with Crippen molar-refractivity contribution in [3.05, 3.63) is 16.4 Å². The zero-order valence-corrected chi connectivity index (χ0v) is 11.6. The first kappa shape index (κ1) is 13.2. The maximum absolute atomic E-state index is 10.1. The number of hydrogen-bond donors (Lipinski definition) is 1. The van der Waals surface area contributed by atoms with Crippen LogP contribution in [0.1, 0.15) is 11.4 Å². The van der Waals surface area contributed by atoms with E-state index in [0.717, 1.165) is 22.9 Å². The van der Waals surface area contributed by atoms with Crippen LogP contribution in [0.2, 0.25) is 5.02 Å². The Morgan fingerprint density at radius 3 is 3.00 bits per heavy atom. The maximum atomic E-state index is 10.1. The van der Waals surface area contributed by atoms with Gasteiger partial charge in [-0.05, 0) is 6.92 Å². The number of aliphatic hydroxyl groups excluding tert-OH is 1. The molecule has 1 aliphatic heterocycles. The predicted molar refractivity (Wildman–Crippen MR) is 69.7 cm³/mol. The fourth-order valence-corrected chi connectivity index (χ4v) is 3.13. The molecular formula is C11H17ClN2O2S. The third-order valence-electron chi connectivity index (χ3n) is 2.94. The van der Waals surface area contributed by atoms with Gasteiger partial charge in [0, 0.05) is 25.0 Å². The summed E-state index contributed by atoms with van der Waals surface area (Å²) in [5.74, 6) is 1.85. The Labute approximate surface area is 110 Å². The van der Waals surface area contributed by atoms with Gasteiger partial charge in [-0.15, -0.1) is 0 Å². The van der Waals surface area contributed by atoms with E-state index >= 15 is 0 Å². The van der Waals surface area contributed by atoms with Crippen LogP contribution in [0.25, 0.3) is 0 Å². The first-order chi connectivity index (χ1) is 8.09. The molecule has 0 amide bonds. The molecule has 0 aliphatic carbocycles. The Hall–Kier alpha value is -0.230. The number of aryl methyl sites for hydroxylation is 2. The van der Waals surface area contributed by atoms with Gasteiger partial charge in [-0.1, -0.05) is 11.6 Å². The minimum Gasteiger partial charge on any atom is -0.390 e. The van der Waals surface area contributed by atoms with Crippen molar-refractivity contribution in [3.63, 3.8) is 0 Å². The number of nitrogens with zero attached hydrogens (tertiary/aromatic N) is 2. The van der Waals surface area contributed by atoms with Crippen LogP contribution in [-0.2, 0) is 18.2 Å². The average Bonchev–Trinajstić information content (AvgIpc) is 2.57. The van der Waals surface area contributed by atoms with Gasteiger partial charge in [0.15, 0.2) is 0 Å². The first-order valence-corrected chi connectivity index (χ1v) is 7.18. The van der Waals surface area contributed by atoms with Crippen molar-refractivity contribution in [3.8, 4) is 0 Å². The van der Waals surface area contributed by atoms with E-state index < -0.39 is 6.10 Å². The van der Waals surface area contributed by atoms with Gasteiger partial charge in [0.05, 0.1) is 35.2 Å². The van der Waals surface area contributed by atoms with Gasteiger partial charge in [-0.3, -0.25) is 4.68 Å². The van der Waals surface area contributed by atoms with Gasteiger partial charge in [0.1, 0.15) is 0 Å². The summed E-state index contributed by atoms with van der Waals surface area (Å²) in [7, 11) is 1.84. The van der Waals surface area contributed by atoms with E-state index in [1.807, 2.05) is 25.7 Å². The Balaban J connectivity index is 2.04. The summed E-state index contributed by atoms with van der Waals surface area (Å²) < 4.78 is 7.29. The summed E-state index contributed by atoms with van der Waals surface area (Å²) >= 11 is 7.97. The molecule has 0 radical (unpaired) electrons. The van der Waals surface area contributed by atoms with Crippen LogP contribution in [0.3, 0.4) is 0 Å². The molecule has 96 valence electrons. The molecule has 1 aromatic rings. The van der Waals surface area contributed by atoms with Crippen LogP contribution < -0.4 is 0 Å². The van der Waals surface area contributed by atoms with Gasteiger partial charge in [-0.25, -0.2) is 0 Å². The molecule has 0 aromatic carbocycles. The van der Waals surface area contributed by atoms with Crippen molar-refractivity contribution in [1.82, 2.24) is 9.78 Å². The average molecular weight is 277 g/mol. The SMILES string of the molecule is Cc1nn(C)c(CC(O)C2CSCCO2)c1Cl. The lowest BCUT2D eigenvalue weighted by Gasteiger charge is -2.26. The summed E-state index contributed by atoms with van der Waals surface area (Å²) in [6.07, 6.45) is -0.128. The Morgan fingerprint density at radius 1 is 1.71 bits per heavy atom. The van der Waals surface area contributed by atoms with Gasteiger partial charge in [-0.2, -0.15) is 16.9 Å². The van der Waals surface area contributed by atoms with Crippen molar-refractivity contribution in [1.29, 1.82) is 0 Å². The van der Waals surface area contributed by atoms with Crippen LogP contribution in [0.5, 0.6) is 0 Å². The van der Waals surface area contributed by atoms with Crippen LogP contribution in [0.15, 0.2) is 0 Å². The standard InChI is InChI=1S/C11H17ClN2O2S/c1-7-11(12)8(14(2)13-7)5-9(15)10-6-17-4-3-16-10/h9-10,15H,3-6H2,1-2H3. The molecule has 2 heterocycles. The fraction of sp³-hybridized carbons (Fsp3) is 0.727. The van der Waals surface area contributed by atoms with E-state index in [1.165, 1.54) is 0 Å². The monoisotopic (exact) mass is 276 g/mol. The molecule has 1 saturated heterocycles. The molecule has 17 heavy (non-hydrogen) atoms. The molecule has 4 nitrogen and oxygen atoms in total. The summed E-state index contributed by atoms with van der Waals surface area (Å²) in [4.78, 5) is 0. The smallest absolute Gasteiger partial charge is 0.0928 e. The van der Waals surface area contributed by atoms with E-state index in [1.54, 1.807) is 4.68 Å². The minimum absolute atomic E-state index is 0.0972. The molecule has 1 aromatic heterocycles. The van der Waals surface area contributed by atoms with E-state index in [-0.39, 0.29) is 6.10 Å². The van der Waals surface area contributed by atoms with E-state index in [4.69, 9.17) is 16.3 Å². The number of aromatic nitrogens is 2. The number of ether oxygens (including phenoxy) is 1. The van der Waals surface area contributed by atoms with Crippen molar-refractivity contribution in [2.45, 2.75) is 25.6 Å².